The number of ether oxygens (including phenoxy) is 2. The molecule has 1 aromatic rings. The lowest BCUT2D eigenvalue weighted by Crippen LogP contribution is -2.49. The minimum Gasteiger partial charge on any atom is -0.493 e. The van der Waals surface area contributed by atoms with Gasteiger partial charge in [0.25, 0.3) is 0 Å². The molecule has 0 saturated carbocycles. The van der Waals surface area contributed by atoms with Gasteiger partial charge < -0.3 is 20.1 Å². The van der Waals surface area contributed by atoms with Gasteiger partial charge in [-0.25, -0.2) is 4.79 Å². The highest BCUT2D eigenvalue weighted by Gasteiger charge is 2.23. The predicted molar refractivity (Wildman–Crippen MR) is 92.3 cm³/mol. The van der Waals surface area contributed by atoms with Crippen LogP contribution < -0.4 is 15.4 Å². The standard InChI is InChI=1S/C18H27N3O3/c1-13-11-21(12-14(2)24-13)9-8-19-18(22)20-16-7-10-23-17-6-4-3-5-15(16)17/h3-6,13-14,16H,7-12H2,1-2H3,(H2,19,20,22). The number of benzene rings is 1. The average Bonchev–Trinajstić information content (AvgIpc) is 2.54. The van der Waals surface area contributed by atoms with Crippen molar-refractivity contribution >= 4 is 6.03 Å². The van der Waals surface area contributed by atoms with E-state index in [0.29, 0.717) is 13.2 Å². The summed E-state index contributed by atoms with van der Waals surface area (Å²) < 4.78 is 11.3. The number of morpholine rings is 1. The van der Waals surface area contributed by atoms with Crippen molar-refractivity contribution in [2.75, 3.05) is 32.8 Å². The number of rotatable bonds is 4. The van der Waals surface area contributed by atoms with Crippen LogP contribution in [0.5, 0.6) is 5.75 Å². The first-order valence-corrected chi connectivity index (χ1v) is 8.75. The number of nitrogens with zero attached hydrogens (tertiary/aromatic N) is 1. The van der Waals surface area contributed by atoms with Crippen LogP contribution in [0.4, 0.5) is 4.79 Å². The lowest BCUT2D eigenvalue weighted by molar-refractivity contribution is -0.0672. The normalized spacial score (nSPS) is 27.0. The molecule has 0 spiro atoms. The van der Waals surface area contributed by atoms with Crippen LogP contribution in [0.1, 0.15) is 31.9 Å². The Morgan fingerprint density at radius 3 is 2.79 bits per heavy atom. The molecule has 2 amide bonds. The molecule has 1 aromatic carbocycles. The number of carbonyl (C=O) groups excluding carboxylic acids is 1. The lowest BCUT2D eigenvalue weighted by Gasteiger charge is -2.35. The van der Waals surface area contributed by atoms with Crippen molar-refractivity contribution in [2.45, 2.75) is 38.5 Å². The van der Waals surface area contributed by atoms with Gasteiger partial charge in [-0.15, -0.1) is 0 Å². The molecule has 1 fully saturated rings. The third-order valence-corrected chi connectivity index (χ3v) is 4.47. The van der Waals surface area contributed by atoms with E-state index in [1.54, 1.807) is 0 Å². The second-order valence-electron chi connectivity index (χ2n) is 6.64. The molecule has 6 heteroatoms. The van der Waals surface area contributed by atoms with Gasteiger partial charge in [0.05, 0.1) is 24.9 Å². The highest BCUT2D eigenvalue weighted by atomic mass is 16.5. The SMILES string of the molecule is CC1CN(CCNC(=O)NC2CCOc3ccccc32)CC(C)O1. The molecule has 24 heavy (non-hydrogen) atoms. The third-order valence-electron chi connectivity index (χ3n) is 4.47. The van der Waals surface area contributed by atoms with Gasteiger partial charge in [0, 0.05) is 38.2 Å². The Hall–Kier alpha value is -1.79. The zero-order chi connectivity index (χ0) is 16.9. The molecule has 2 heterocycles. The first-order chi connectivity index (χ1) is 11.6. The first-order valence-electron chi connectivity index (χ1n) is 8.75. The molecule has 2 aliphatic heterocycles. The number of para-hydroxylation sites is 1. The summed E-state index contributed by atoms with van der Waals surface area (Å²) in [5, 5.41) is 6.02. The number of hydrogen-bond acceptors (Lipinski definition) is 4. The maximum Gasteiger partial charge on any atom is 0.315 e. The first kappa shape index (κ1) is 17.0. The van der Waals surface area contributed by atoms with Gasteiger partial charge in [0.15, 0.2) is 0 Å². The van der Waals surface area contributed by atoms with Gasteiger partial charge in [-0.1, -0.05) is 18.2 Å². The number of nitrogens with one attached hydrogen (secondary N) is 2. The fraction of sp³-hybridized carbons (Fsp3) is 0.611. The summed E-state index contributed by atoms with van der Waals surface area (Å²) in [4.78, 5) is 14.5. The molecule has 0 bridgehead atoms. The Balaban J connectivity index is 1.43. The van der Waals surface area contributed by atoms with Crippen molar-refractivity contribution < 1.29 is 14.3 Å². The molecule has 132 valence electrons. The van der Waals surface area contributed by atoms with E-state index in [-0.39, 0.29) is 24.3 Å². The Labute approximate surface area is 143 Å². The van der Waals surface area contributed by atoms with Crippen molar-refractivity contribution in [3.63, 3.8) is 0 Å². The maximum atomic E-state index is 12.2. The zero-order valence-corrected chi connectivity index (χ0v) is 14.5. The van der Waals surface area contributed by atoms with E-state index >= 15 is 0 Å². The van der Waals surface area contributed by atoms with Crippen molar-refractivity contribution in [1.82, 2.24) is 15.5 Å². The zero-order valence-electron chi connectivity index (χ0n) is 14.5. The van der Waals surface area contributed by atoms with Crippen molar-refractivity contribution in [3.8, 4) is 5.75 Å². The molecule has 3 atom stereocenters. The molecule has 0 aliphatic carbocycles. The van der Waals surface area contributed by atoms with Gasteiger partial charge in [0.2, 0.25) is 0 Å². The van der Waals surface area contributed by atoms with Gasteiger partial charge in [-0.3, -0.25) is 4.90 Å². The highest BCUT2D eigenvalue weighted by molar-refractivity contribution is 5.74. The van der Waals surface area contributed by atoms with E-state index in [2.05, 4.69) is 29.4 Å². The Bertz CT molecular complexity index is 556. The minimum atomic E-state index is -0.119. The summed E-state index contributed by atoms with van der Waals surface area (Å²) in [5.74, 6) is 0.866. The second kappa shape index (κ2) is 7.85. The van der Waals surface area contributed by atoms with Gasteiger partial charge in [0.1, 0.15) is 5.75 Å². The average molecular weight is 333 g/mol. The van der Waals surface area contributed by atoms with Crippen molar-refractivity contribution in [3.05, 3.63) is 29.8 Å². The molecule has 3 rings (SSSR count). The molecule has 3 unspecified atom stereocenters. The Kier molecular flexibility index (Phi) is 5.58. The van der Waals surface area contributed by atoms with Crippen LogP contribution in [0.25, 0.3) is 0 Å². The highest BCUT2D eigenvalue weighted by Crippen LogP contribution is 2.31. The van der Waals surface area contributed by atoms with E-state index < -0.39 is 0 Å². The van der Waals surface area contributed by atoms with Crippen LogP contribution >= 0.6 is 0 Å². The maximum absolute atomic E-state index is 12.2. The predicted octanol–water partition coefficient (Wildman–Crippen LogP) is 1.92. The number of urea groups is 1. The van der Waals surface area contributed by atoms with Crippen molar-refractivity contribution in [2.24, 2.45) is 0 Å². The molecule has 2 N–H and O–H groups in total. The van der Waals surface area contributed by atoms with E-state index in [1.807, 2.05) is 24.3 Å². The molecular weight excluding hydrogens is 306 g/mol. The fourth-order valence-corrected chi connectivity index (χ4v) is 3.50. The Morgan fingerprint density at radius 2 is 2.00 bits per heavy atom. The number of amides is 2. The quantitative estimate of drug-likeness (QED) is 0.884. The summed E-state index contributed by atoms with van der Waals surface area (Å²) in [6.07, 6.45) is 1.30. The largest absolute Gasteiger partial charge is 0.493 e. The molecular formula is C18H27N3O3. The van der Waals surface area contributed by atoms with Gasteiger partial charge in [-0.2, -0.15) is 0 Å². The summed E-state index contributed by atoms with van der Waals surface area (Å²) in [7, 11) is 0. The third kappa shape index (κ3) is 4.39. The van der Waals surface area contributed by atoms with Crippen LogP contribution in [0.2, 0.25) is 0 Å². The summed E-state index contributed by atoms with van der Waals surface area (Å²) in [6, 6.07) is 7.77. The number of carbonyl (C=O) groups is 1. The van der Waals surface area contributed by atoms with E-state index in [9.17, 15) is 4.79 Å². The second-order valence-corrected chi connectivity index (χ2v) is 6.64. The number of hydrogen-bond donors (Lipinski definition) is 2. The summed E-state index contributed by atoms with van der Waals surface area (Å²) in [5.41, 5.74) is 1.05. The van der Waals surface area contributed by atoms with Crippen LogP contribution in [-0.4, -0.2) is 55.9 Å². The topological polar surface area (TPSA) is 62.8 Å². The minimum absolute atomic E-state index is 0.0124. The molecule has 2 aliphatic rings. The van der Waals surface area contributed by atoms with Crippen LogP contribution in [0.15, 0.2) is 24.3 Å². The monoisotopic (exact) mass is 333 g/mol. The van der Waals surface area contributed by atoms with Gasteiger partial charge in [-0.05, 0) is 19.9 Å². The lowest BCUT2D eigenvalue weighted by atomic mass is 10.0. The van der Waals surface area contributed by atoms with E-state index in [1.165, 1.54) is 0 Å². The van der Waals surface area contributed by atoms with Crippen LogP contribution in [0, 0.1) is 0 Å². The smallest absolute Gasteiger partial charge is 0.315 e. The summed E-state index contributed by atoms with van der Waals surface area (Å²) >= 11 is 0. The molecule has 0 radical (unpaired) electrons. The van der Waals surface area contributed by atoms with E-state index in [0.717, 1.165) is 37.4 Å². The molecule has 1 saturated heterocycles. The Morgan fingerprint density at radius 1 is 1.25 bits per heavy atom. The molecule has 0 aromatic heterocycles. The molecule has 6 nitrogen and oxygen atoms in total. The van der Waals surface area contributed by atoms with E-state index in [4.69, 9.17) is 9.47 Å². The fourth-order valence-electron chi connectivity index (χ4n) is 3.50. The summed E-state index contributed by atoms with van der Waals surface area (Å²) in [6.45, 7) is 8.12. The van der Waals surface area contributed by atoms with Crippen molar-refractivity contribution in [1.29, 1.82) is 0 Å². The van der Waals surface area contributed by atoms with Gasteiger partial charge >= 0.3 is 6.03 Å². The van der Waals surface area contributed by atoms with Crippen LogP contribution in [-0.2, 0) is 4.74 Å². The number of fused-ring (bicyclic) bond motifs is 1. The van der Waals surface area contributed by atoms with Crippen LogP contribution in [0.3, 0.4) is 0 Å².